The molecule has 132 valence electrons. The predicted octanol–water partition coefficient (Wildman–Crippen LogP) is 2.54. The number of phenolic OH excluding ortho intramolecular Hbond substituents is 1. The van der Waals surface area contributed by atoms with Crippen molar-refractivity contribution < 1.29 is 19.5 Å². The number of hydrogen-bond donors (Lipinski definition) is 2. The first kappa shape index (κ1) is 17.2. The minimum absolute atomic E-state index is 0.177. The van der Waals surface area contributed by atoms with Crippen molar-refractivity contribution in [1.29, 1.82) is 0 Å². The number of carbonyl (C=O) groups is 1. The van der Waals surface area contributed by atoms with E-state index in [4.69, 9.17) is 9.57 Å². The lowest BCUT2D eigenvalue weighted by Crippen LogP contribution is -2.39. The number of ether oxygens (including phenoxy) is 1. The molecule has 0 saturated carbocycles. The van der Waals surface area contributed by atoms with Crippen LogP contribution in [0.4, 0.5) is 4.79 Å². The Morgan fingerprint density at radius 1 is 1.40 bits per heavy atom. The Morgan fingerprint density at radius 3 is 2.92 bits per heavy atom. The van der Waals surface area contributed by atoms with E-state index in [9.17, 15) is 9.90 Å². The monoisotopic (exact) mass is 342 g/mol. The molecule has 0 aliphatic carbocycles. The van der Waals surface area contributed by atoms with Gasteiger partial charge in [0.15, 0.2) is 0 Å². The first-order chi connectivity index (χ1) is 11.7. The maximum absolute atomic E-state index is 12.2. The number of nitrogens with zero attached hydrogens (tertiary/aromatic N) is 1. The van der Waals surface area contributed by atoms with E-state index in [1.54, 1.807) is 23.1 Å². The van der Waals surface area contributed by atoms with Crippen LogP contribution in [-0.4, -0.2) is 40.4 Å². The van der Waals surface area contributed by atoms with Crippen LogP contribution in [0, 0.1) is 11.8 Å². The molecular weight excluding hydrogens is 320 g/mol. The number of amides is 1. The molecule has 1 amide bonds. The zero-order valence-corrected chi connectivity index (χ0v) is 14.6. The molecule has 25 heavy (non-hydrogen) atoms. The summed E-state index contributed by atoms with van der Waals surface area (Å²) in [4.78, 5) is 19.5. The average molecular weight is 342 g/mol. The molecule has 2 heterocycles. The van der Waals surface area contributed by atoms with Crippen LogP contribution < -0.4 is 5.48 Å². The maximum Gasteiger partial charge on any atom is 0.410 e. The van der Waals surface area contributed by atoms with Gasteiger partial charge in [0.25, 0.3) is 0 Å². The summed E-state index contributed by atoms with van der Waals surface area (Å²) < 4.78 is 5.41. The Labute approximate surface area is 147 Å². The molecule has 1 unspecified atom stereocenters. The number of benzene rings is 1. The molecule has 1 atom stereocenters. The van der Waals surface area contributed by atoms with Gasteiger partial charge in [-0.15, -0.1) is 0 Å². The highest BCUT2D eigenvalue weighted by molar-refractivity contribution is 5.69. The molecular formula is C19H22N2O4. The molecule has 1 spiro atoms. The van der Waals surface area contributed by atoms with Crippen molar-refractivity contribution in [3.63, 3.8) is 0 Å². The summed E-state index contributed by atoms with van der Waals surface area (Å²) in [5, 5.41) is 9.46. The van der Waals surface area contributed by atoms with Gasteiger partial charge in [-0.05, 0) is 51.0 Å². The van der Waals surface area contributed by atoms with Gasteiger partial charge >= 0.3 is 6.09 Å². The van der Waals surface area contributed by atoms with Gasteiger partial charge in [0, 0.05) is 18.5 Å². The Morgan fingerprint density at radius 2 is 2.20 bits per heavy atom. The van der Waals surface area contributed by atoms with Crippen LogP contribution in [0.5, 0.6) is 5.75 Å². The third-order valence-corrected chi connectivity index (χ3v) is 3.87. The fraction of sp³-hybridized carbons (Fsp3) is 0.421. The highest BCUT2D eigenvalue weighted by Crippen LogP contribution is 2.31. The molecule has 2 N–H and O–H groups in total. The highest BCUT2D eigenvalue weighted by Gasteiger charge is 2.44. The zero-order chi connectivity index (χ0) is 18.1. The molecule has 2 aliphatic heterocycles. The van der Waals surface area contributed by atoms with Crippen LogP contribution in [0.3, 0.4) is 0 Å². The van der Waals surface area contributed by atoms with E-state index in [0.29, 0.717) is 30.8 Å². The Hall–Kier alpha value is -2.65. The lowest BCUT2D eigenvalue weighted by Gasteiger charge is -2.25. The van der Waals surface area contributed by atoms with E-state index in [-0.39, 0.29) is 11.8 Å². The van der Waals surface area contributed by atoms with E-state index < -0.39 is 11.2 Å². The summed E-state index contributed by atoms with van der Waals surface area (Å²) in [5.41, 5.74) is 3.10. The fourth-order valence-electron chi connectivity index (χ4n) is 2.75. The Balaban J connectivity index is 1.67. The second-order valence-electron chi connectivity index (χ2n) is 7.28. The van der Waals surface area contributed by atoms with Crippen LogP contribution >= 0.6 is 0 Å². The normalized spacial score (nSPS) is 22.2. The number of nitrogens with one attached hydrogen (secondary N) is 1. The van der Waals surface area contributed by atoms with Crippen LogP contribution in [0.1, 0.15) is 32.8 Å². The number of phenols is 1. The summed E-state index contributed by atoms with van der Waals surface area (Å²) >= 11 is 0. The van der Waals surface area contributed by atoms with Gasteiger partial charge in [-0.25, -0.2) is 4.79 Å². The lowest BCUT2D eigenvalue weighted by atomic mass is 10.0. The van der Waals surface area contributed by atoms with Crippen molar-refractivity contribution in [3.8, 4) is 17.6 Å². The highest BCUT2D eigenvalue weighted by atomic mass is 16.7. The van der Waals surface area contributed by atoms with E-state index in [1.165, 1.54) is 0 Å². The van der Waals surface area contributed by atoms with Crippen LogP contribution in [0.2, 0.25) is 0 Å². The molecule has 3 rings (SSSR count). The lowest BCUT2D eigenvalue weighted by molar-refractivity contribution is -0.0338. The van der Waals surface area contributed by atoms with Crippen molar-refractivity contribution >= 4 is 6.09 Å². The van der Waals surface area contributed by atoms with Gasteiger partial charge in [0.2, 0.25) is 0 Å². The van der Waals surface area contributed by atoms with Crippen LogP contribution in [0.25, 0.3) is 0 Å². The molecule has 1 saturated heterocycles. The van der Waals surface area contributed by atoms with Gasteiger partial charge in [0.1, 0.15) is 22.6 Å². The summed E-state index contributed by atoms with van der Waals surface area (Å²) in [6.45, 7) is 6.53. The first-order valence-corrected chi connectivity index (χ1v) is 8.21. The number of aromatic hydroxyl groups is 1. The summed E-state index contributed by atoms with van der Waals surface area (Å²) in [5.74, 6) is 6.14. The molecule has 6 nitrogen and oxygen atoms in total. The minimum atomic E-state index is -0.570. The summed E-state index contributed by atoms with van der Waals surface area (Å²) in [7, 11) is 0. The Bertz CT molecular complexity index is 770. The Kier molecular flexibility index (Phi) is 4.36. The standard InChI is InChI=1S/C19H22N2O4/c1-18(2,3)24-17(23)21-10-9-19(13-21)12-15(20-25-19)8-7-14-5-4-6-16(22)11-14/h4-6,11-12,20,22H,9-10,13H2,1-3H3. The summed E-state index contributed by atoms with van der Waals surface area (Å²) in [6.07, 6.45) is 2.25. The zero-order valence-electron chi connectivity index (χ0n) is 14.6. The number of carbonyl (C=O) groups excluding carboxylic acids is 1. The number of likely N-dealkylation sites (tertiary alicyclic amines) is 1. The van der Waals surface area contributed by atoms with Gasteiger partial charge in [-0.3, -0.25) is 10.3 Å². The first-order valence-electron chi connectivity index (χ1n) is 8.21. The van der Waals surface area contributed by atoms with E-state index in [2.05, 4.69) is 17.3 Å². The SMILES string of the molecule is CC(C)(C)OC(=O)N1CCC2(C=C(C#Cc3cccc(O)c3)NO2)C1. The molecule has 2 aliphatic rings. The van der Waals surface area contributed by atoms with Crippen molar-refractivity contribution in [2.45, 2.75) is 38.4 Å². The average Bonchev–Trinajstić information content (AvgIpc) is 3.11. The van der Waals surface area contributed by atoms with E-state index in [1.807, 2.05) is 32.9 Å². The molecule has 1 fully saturated rings. The molecule has 0 aromatic heterocycles. The molecule has 1 aromatic carbocycles. The van der Waals surface area contributed by atoms with Gasteiger partial charge < -0.3 is 14.7 Å². The van der Waals surface area contributed by atoms with Gasteiger partial charge in [0.05, 0.1) is 6.54 Å². The summed E-state index contributed by atoms with van der Waals surface area (Å²) in [6, 6.07) is 6.75. The number of allylic oxidation sites excluding steroid dienone is 1. The molecule has 0 radical (unpaired) electrons. The van der Waals surface area contributed by atoms with Crippen molar-refractivity contribution in [2.75, 3.05) is 13.1 Å². The number of hydroxylamine groups is 1. The largest absolute Gasteiger partial charge is 0.508 e. The smallest absolute Gasteiger partial charge is 0.410 e. The van der Waals surface area contributed by atoms with Gasteiger partial charge in [-0.1, -0.05) is 12.0 Å². The molecule has 6 heteroatoms. The fourth-order valence-corrected chi connectivity index (χ4v) is 2.75. The third kappa shape index (κ3) is 4.25. The van der Waals surface area contributed by atoms with Crippen molar-refractivity contribution in [2.24, 2.45) is 0 Å². The topological polar surface area (TPSA) is 71.0 Å². The van der Waals surface area contributed by atoms with Crippen molar-refractivity contribution in [3.05, 3.63) is 41.6 Å². The van der Waals surface area contributed by atoms with Gasteiger partial charge in [-0.2, -0.15) is 0 Å². The minimum Gasteiger partial charge on any atom is -0.508 e. The van der Waals surface area contributed by atoms with E-state index in [0.717, 1.165) is 0 Å². The second-order valence-corrected chi connectivity index (χ2v) is 7.28. The number of rotatable bonds is 0. The third-order valence-electron chi connectivity index (χ3n) is 3.87. The molecule has 0 bridgehead atoms. The van der Waals surface area contributed by atoms with E-state index >= 15 is 0 Å². The molecule has 1 aromatic rings. The van der Waals surface area contributed by atoms with Crippen LogP contribution in [0.15, 0.2) is 36.0 Å². The van der Waals surface area contributed by atoms with Crippen molar-refractivity contribution in [1.82, 2.24) is 10.4 Å². The van der Waals surface area contributed by atoms with Crippen LogP contribution in [-0.2, 0) is 9.57 Å². The predicted molar refractivity (Wildman–Crippen MR) is 92.4 cm³/mol. The second kappa shape index (κ2) is 6.34. The maximum atomic E-state index is 12.2. The number of hydrogen-bond acceptors (Lipinski definition) is 5. The quantitative estimate of drug-likeness (QED) is 0.709.